The minimum absolute atomic E-state index is 0.0707. The molecular weight excluding hydrogens is 409 g/mol. The number of nitrogens with one attached hydrogen (secondary N) is 1. The molecule has 0 spiro atoms. The molecule has 1 atom stereocenters. The molecule has 9 heteroatoms. The average Bonchev–Trinajstić information content (AvgIpc) is 2.69. The van der Waals surface area contributed by atoms with Gasteiger partial charge in [0.25, 0.3) is 5.91 Å². The van der Waals surface area contributed by atoms with Crippen LogP contribution in [0.4, 0.5) is 24.5 Å². The first-order valence-electron chi connectivity index (χ1n) is 9.01. The lowest BCUT2D eigenvalue weighted by Crippen LogP contribution is -2.37. The zero-order valence-electron chi connectivity index (χ0n) is 15.6. The van der Waals surface area contributed by atoms with Gasteiger partial charge in [0.05, 0.1) is 35.2 Å². The number of rotatable bonds is 5. The number of carbonyl (C=O) groups is 1. The highest BCUT2D eigenvalue weighted by Crippen LogP contribution is 2.36. The fraction of sp³-hybridized carbons (Fsp3) is 0.350. The van der Waals surface area contributed by atoms with Crippen LogP contribution in [0.3, 0.4) is 0 Å². The summed E-state index contributed by atoms with van der Waals surface area (Å²) in [4.78, 5) is 14.5. The molecule has 5 nitrogen and oxygen atoms in total. The van der Waals surface area contributed by atoms with Crippen molar-refractivity contribution in [1.29, 1.82) is 0 Å². The number of hydrogen-bond acceptors (Lipinski definition) is 4. The van der Waals surface area contributed by atoms with E-state index in [4.69, 9.17) is 21.1 Å². The maximum absolute atomic E-state index is 13.2. The summed E-state index contributed by atoms with van der Waals surface area (Å²) in [7, 11) is 0. The summed E-state index contributed by atoms with van der Waals surface area (Å²) in [6.45, 7) is 3.45. The van der Waals surface area contributed by atoms with Gasteiger partial charge in [0.1, 0.15) is 5.75 Å². The van der Waals surface area contributed by atoms with Crippen molar-refractivity contribution < 1.29 is 27.4 Å². The molecule has 3 rings (SSSR count). The summed E-state index contributed by atoms with van der Waals surface area (Å²) < 4.78 is 50.4. The van der Waals surface area contributed by atoms with Crippen molar-refractivity contribution >= 4 is 28.9 Å². The van der Waals surface area contributed by atoms with E-state index in [0.717, 1.165) is 12.1 Å². The Bertz CT molecular complexity index is 870. The lowest BCUT2D eigenvalue weighted by atomic mass is 10.1. The van der Waals surface area contributed by atoms with Gasteiger partial charge in [-0.05, 0) is 37.3 Å². The van der Waals surface area contributed by atoms with E-state index in [2.05, 4.69) is 5.32 Å². The van der Waals surface area contributed by atoms with Gasteiger partial charge in [-0.1, -0.05) is 23.7 Å². The molecule has 0 aliphatic carbocycles. The number of alkyl halides is 3. The first-order chi connectivity index (χ1) is 13.8. The summed E-state index contributed by atoms with van der Waals surface area (Å²) in [6, 6.07) is 9.95. The number of amides is 1. The molecule has 1 amide bonds. The van der Waals surface area contributed by atoms with Crippen LogP contribution in [0.15, 0.2) is 42.5 Å². The van der Waals surface area contributed by atoms with Crippen molar-refractivity contribution in [1.82, 2.24) is 0 Å². The highest BCUT2D eigenvalue weighted by molar-refractivity contribution is 6.32. The fourth-order valence-electron chi connectivity index (χ4n) is 2.91. The highest BCUT2D eigenvalue weighted by Gasteiger charge is 2.32. The summed E-state index contributed by atoms with van der Waals surface area (Å²) in [5, 5.41) is 2.90. The molecule has 1 saturated heterocycles. The normalized spacial score (nSPS) is 15.7. The lowest BCUT2D eigenvalue weighted by Gasteiger charge is -2.31. The molecule has 2 aromatic carbocycles. The summed E-state index contributed by atoms with van der Waals surface area (Å²) in [5.41, 5.74) is -0.273. The second-order valence-electron chi connectivity index (χ2n) is 6.51. The van der Waals surface area contributed by atoms with E-state index in [9.17, 15) is 18.0 Å². The van der Waals surface area contributed by atoms with E-state index < -0.39 is 23.8 Å². The summed E-state index contributed by atoms with van der Waals surface area (Å²) in [6.07, 6.45) is -5.50. The zero-order chi connectivity index (χ0) is 21.0. The Balaban J connectivity index is 1.83. The number of anilines is 2. The molecule has 0 bridgehead atoms. The van der Waals surface area contributed by atoms with Gasteiger partial charge in [0.2, 0.25) is 0 Å². The highest BCUT2D eigenvalue weighted by atomic mass is 35.5. The van der Waals surface area contributed by atoms with Crippen molar-refractivity contribution in [3.05, 3.63) is 53.1 Å². The van der Waals surface area contributed by atoms with Gasteiger partial charge >= 0.3 is 6.18 Å². The van der Waals surface area contributed by atoms with Crippen molar-refractivity contribution in [3.63, 3.8) is 0 Å². The van der Waals surface area contributed by atoms with Crippen LogP contribution in [0.25, 0.3) is 0 Å². The number of halogens is 4. The number of nitrogens with zero attached hydrogens (tertiary/aromatic N) is 1. The van der Waals surface area contributed by atoms with Crippen molar-refractivity contribution in [3.8, 4) is 5.75 Å². The van der Waals surface area contributed by atoms with Crippen LogP contribution in [0, 0.1) is 0 Å². The van der Waals surface area contributed by atoms with Crippen LogP contribution in [0.1, 0.15) is 12.5 Å². The van der Waals surface area contributed by atoms with Gasteiger partial charge < -0.3 is 19.7 Å². The van der Waals surface area contributed by atoms with E-state index in [1.807, 2.05) is 4.90 Å². The number of hydrogen-bond donors (Lipinski definition) is 1. The van der Waals surface area contributed by atoms with E-state index in [0.29, 0.717) is 42.8 Å². The average molecular weight is 429 g/mol. The van der Waals surface area contributed by atoms with Crippen LogP contribution in [0.2, 0.25) is 5.02 Å². The van der Waals surface area contributed by atoms with Gasteiger partial charge in [-0.15, -0.1) is 0 Å². The van der Waals surface area contributed by atoms with Crippen LogP contribution >= 0.6 is 11.6 Å². The first kappa shape index (κ1) is 21.3. The van der Waals surface area contributed by atoms with Crippen molar-refractivity contribution in [2.24, 2.45) is 0 Å². The minimum Gasteiger partial charge on any atom is -0.479 e. The summed E-state index contributed by atoms with van der Waals surface area (Å²) >= 11 is 6.03. The van der Waals surface area contributed by atoms with Gasteiger partial charge in [-0.2, -0.15) is 13.2 Å². The first-order valence-corrected chi connectivity index (χ1v) is 9.39. The van der Waals surface area contributed by atoms with Crippen molar-refractivity contribution in [2.75, 3.05) is 36.5 Å². The van der Waals surface area contributed by atoms with Crippen LogP contribution in [0.5, 0.6) is 5.75 Å². The smallest absolute Gasteiger partial charge is 0.416 e. The van der Waals surface area contributed by atoms with Gasteiger partial charge in [0.15, 0.2) is 6.10 Å². The largest absolute Gasteiger partial charge is 0.479 e. The molecule has 0 saturated carbocycles. The molecule has 2 aromatic rings. The van der Waals surface area contributed by atoms with E-state index >= 15 is 0 Å². The molecule has 1 heterocycles. The third-order valence-electron chi connectivity index (χ3n) is 4.44. The predicted molar refractivity (Wildman–Crippen MR) is 105 cm³/mol. The molecule has 1 aliphatic heterocycles. The Morgan fingerprint density at radius 2 is 1.90 bits per heavy atom. The summed E-state index contributed by atoms with van der Waals surface area (Å²) in [5.74, 6) is -0.270. The van der Waals surface area contributed by atoms with Gasteiger partial charge in [-0.3, -0.25) is 4.79 Å². The Kier molecular flexibility index (Phi) is 6.54. The predicted octanol–water partition coefficient (Wildman–Crippen LogP) is 4.60. The second kappa shape index (κ2) is 8.92. The quantitative estimate of drug-likeness (QED) is 0.756. The molecule has 29 heavy (non-hydrogen) atoms. The molecule has 0 radical (unpaired) electrons. The minimum atomic E-state index is -4.53. The molecule has 0 unspecified atom stereocenters. The Morgan fingerprint density at radius 3 is 2.55 bits per heavy atom. The fourth-order valence-corrected chi connectivity index (χ4v) is 3.09. The maximum Gasteiger partial charge on any atom is 0.416 e. The van der Waals surface area contributed by atoms with Gasteiger partial charge in [-0.25, -0.2) is 0 Å². The van der Waals surface area contributed by atoms with E-state index in [1.54, 1.807) is 24.3 Å². The molecule has 1 aliphatic rings. The number of benzene rings is 2. The van der Waals surface area contributed by atoms with Gasteiger partial charge in [0, 0.05) is 13.1 Å². The van der Waals surface area contributed by atoms with E-state index in [1.165, 1.54) is 13.0 Å². The Labute approximate surface area is 171 Å². The molecular formula is C20H20ClF3N2O3. The zero-order valence-corrected chi connectivity index (χ0v) is 16.4. The van der Waals surface area contributed by atoms with Crippen LogP contribution < -0.4 is 15.0 Å². The van der Waals surface area contributed by atoms with Crippen LogP contribution in [-0.4, -0.2) is 38.3 Å². The number of ether oxygens (including phenoxy) is 2. The second-order valence-corrected chi connectivity index (χ2v) is 6.92. The molecule has 1 fully saturated rings. The standard InChI is InChI=1S/C20H20ClF3N2O3/c1-13(29-18-5-3-2-4-15(18)21)19(27)25-16-12-14(20(22,23)24)6-7-17(16)26-8-10-28-11-9-26/h2-7,12-13H,8-11H2,1H3,(H,25,27)/t13-/m0/s1. The number of para-hydroxylation sites is 1. The topological polar surface area (TPSA) is 50.8 Å². The monoisotopic (exact) mass is 428 g/mol. The molecule has 156 valence electrons. The molecule has 0 aromatic heterocycles. The Hall–Kier alpha value is -2.45. The molecule has 1 N–H and O–H groups in total. The Morgan fingerprint density at radius 1 is 1.21 bits per heavy atom. The SMILES string of the molecule is C[C@H](Oc1ccccc1Cl)C(=O)Nc1cc(C(F)(F)F)ccc1N1CCOCC1. The maximum atomic E-state index is 13.2. The lowest BCUT2D eigenvalue weighted by molar-refractivity contribution is -0.137. The number of morpholine rings is 1. The van der Waals surface area contributed by atoms with Crippen LogP contribution in [-0.2, 0) is 15.7 Å². The third-order valence-corrected chi connectivity index (χ3v) is 4.76. The van der Waals surface area contributed by atoms with Crippen molar-refractivity contribution in [2.45, 2.75) is 19.2 Å². The van der Waals surface area contributed by atoms with E-state index in [-0.39, 0.29) is 5.69 Å². The third kappa shape index (κ3) is 5.33. The number of carbonyl (C=O) groups excluding carboxylic acids is 1.